The number of rotatable bonds is 6. The summed E-state index contributed by atoms with van der Waals surface area (Å²) in [4.78, 5) is 9.07. The average Bonchev–Trinajstić information content (AvgIpc) is 3.14. The molecule has 8 nitrogen and oxygen atoms in total. The second kappa shape index (κ2) is 7.28. The maximum atomic E-state index is 12.7. The van der Waals surface area contributed by atoms with E-state index in [2.05, 4.69) is 25.1 Å². The molecule has 2 heterocycles. The monoisotopic (exact) mass is 394 g/mol. The molecular formula is C19H18N6O2S. The van der Waals surface area contributed by atoms with Crippen molar-refractivity contribution in [3.05, 3.63) is 72.6 Å². The van der Waals surface area contributed by atoms with Gasteiger partial charge in [-0.25, -0.2) is 18.4 Å². The molecule has 0 saturated carbocycles. The number of hydrogen-bond acceptors (Lipinski definition) is 6. The average molecular weight is 394 g/mol. The van der Waals surface area contributed by atoms with E-state index < -0.39 is 10.0 Å². The van der Waals surface area contributed by atoms with Crippen molar-refractivity contribution in [2.24, 2.45) is 7.05 Å². The van der Waals surface area contributed by atoms with Gasteiger partial charge in [0.1, 0.15) is 4.90 Å². The van der Waals surface area contributed by atoms with E-state index in [9.17, 15) is 8.42 Å². The van der Waals surface area contributed by atoms with Crippen molar-refractivity contribution in [2.75, 3.05) is 10.0 Å². The fraction of sp³-hybridized carbons (Fsp3) is 0.105. The van der Waals surface area contributed by atoms with Gasteiger partial charge in [-0.3, -0.25) is 9.40 Å². The Bertz CT molecular complexity index is 1220. The molecule has 0 saturated heterocycles. The second-order valence-corrected chi connectivity index (χ2v) is 7.89. The van der Waals surface area contributed by atoms with Crippen molar-refractivity contribution in [1.82, 2.24) is 19.7 Å². The summed E-state index contributed by atoms with van der Waals surface area (Å²) in [6, 6.07) is 17.1. The summed E-state index contributed by atoms with van der Waals surface area (Å²) in [5, 5.41) is 7.10. The van der Waals surface area contributed by atoms with Gasteiger partial charge < -0.3 is 5.32 Å². The maximum Gasteiger partial charge on any atom is 0.266 e. The Morgan fingerprint density at radius 3 is 2.21 bits per heavy atom. The number of aromatic nitrogens is 4. The van der Waals surface area contributed by atoms with Crippen LogP contribution >= 0.6 is 0 Å². The van der Waals surface area contributed by atoms with Crippen molar-refractivity contribution in [2.45, 2.75) is 11.4 Å². The van der Waals surface area contributed by atoms with E-state index >= 15 is 0 Å². The molecule has 142 valence electrons. The van der Waals surface area contributed by atoms with Crippen LogP contribution in [0.5, 0.6) is 0 Å². The van der Waals surface area contributed by atoms with E-state index in [1.807, 2.05) is 48.5 Å². The van der Waals surface area contributed by atoms with Crippen LogP contribution in [0.4, 0.5) is 11.6 Å². The number of fused-ring (bicyclic) bond motifs is 1. The zero-order chi connectivity index (χ0) is 19.6. The number of sulfonamides is 1. The molecule has 0 aliphatic rings. The number of anilines is 2. The van der Waals surface area contributed by atoms with Gasteiger partial charge in [-0.2, -0.15) is 5.10 Å². The van der Waals surface area contributed by atoms with Gasteiger partial charge >= 0.3 is 0 Å². The van der Waals surface area contributed by atoms with Gasteiger partial charge in [-0.1, -0.05) is 42.5 Å². The molecule has 0 fully saturated rings. The van der Waals surface area contributed by atoms with Gasteiger partial charge in [0.05, 0.1) is 17.2 Å². The Morgan fingerprint density at radius 1 is 0.929 bits per heavy atom. The van der Waals surface area contributed by atoms with Gasteiger partial charge in [0.2, 0.25) is 0 Å². The first kappa shape index (κ1) is 17.9. The minimum Gasteiger partial charge on any atom is -0.363 e. The predicted molar refractivity (Wildman–Crippen MR) is 107 cm³/mol. The topological polar surface area (TPSA) is 102 Å². The maximum absolute atomic E-state index is 12.7. The highest BCUT2D eigenvalue weighted by Crippen LogP contribution is 2.24. The molecule has 4 aromatic rings. The van der Waals surface area contributed by atoms with Crippen molar-refractivity contribution in [3.63, 3.8) is 0 Å². The first-order valence-electron chi connectivity index (χ1n) is 8.57. The van der Waals surface area contributed by atoms with E-state index in [0.29, 0.717) is 23.4 Å². The van der Waals surface area contributed by atoms with Crippen LogP contribution in [0.2, 0.25) is 0 Å². The number of para-hydroxylation sites is 2. The quantitative estimate of drug-likeness (QED) is 0.521. The van der Waals surface area contributed by atoms with Crippen molar-refractivity contribution in [3.8, 4) is 0 Å². The van der Waals surface area contributed by atoms with Gasteiger partial charge in [0, 0.05) is 19.8 Å². The third kappa shape index (κ3) is 3.79. The third-order valence-electron chi connectivity index (χ3n) is 4.10. The Balaban J connectivity index is 1.70. The van der Waals surface area contributed by atoms with E-state index in [1.54, 1.807) is 13.1 Å². The molecule has 0 atom stereocenters. The van der Waals surface area contributed by atoms with Gasteiger partial charge in [0.15, 0.2) is 11.6 Å². The third-order valence-corrected chi connectivity index (χ3v) is 5.39. The van der Waals surface area contributed by atoms with Crippen LogP contribution in [0.25, 0.3) is 11.0 Å². The zero-order valence-corrected chi connectivity index (χ0v) is 15.9. The molecule has 0 amide bonds. The van der Waals surface area contributed by atoms with Crippen LogP contribution in [0, 0.1) is 0 Å². The summed E-state index contributed by atoms with van der Waals surface area (Å²) in [6.07, 6.45) is 2.71. The predicted octanol–water partition coefficient (Wildman–Crippen LogP) is 2.78. The lowest BCUT2D eigenvalue weighted by molar-refractivity contribution is 0.601. The molecule has 28 heavy (non-hydrogen) atoms. The highest BCUT2D eigenvalue weighted by atomic mass is 32.2. The Kier molecular flexibility index (Phi) is 4.66. The molecule has 2 N–H and O–H groups in total. The molecule has 0 aliphatic heterocycles. The van der Waals surface area contributed by atoms with E-state index in [0.717, 1.165) is 5.56 Å². The van der Waals surface area contributed by atoms with E-state index in [-0.39, 0.29) is 10.7 Å². The summed E-state index contributed by atoms with van der Waals surface area (Å²) in [7, 11) is -2.19. The van der Waals surface area contributed by atoms with Gasteiger partial charge in [0.25, 0.3) is 10.0 Å². The normalized spacial score (nSPS) is 11.5. The molecule has 0 spiro atoms. The molecular weight excluding hydrogens is 376 g/mol. The lowest BCUT2D eigenvalue weighted by Gasteiger charge is -2.13. The smallest absolute Gasteiger partial charge is 0.266 e. The Labute approximate surface area is 162 Å². The Hall–Kier alpha value is -3.46. The zero-order valence-electron chi connectivity index (χ0n) is 15.1. The van der Waals surface area contributed by atoms with Crippen LogP contribution in [0.3, 0.4) is 0 Å². The van der Waals surface area contributed by atoms with Crippen LogP contribution < -0.4 is 10.0 Å². The van der Waals surface area contributed by atoms with Crippen molar-refractivity contribution < 1.29 is 8.42 Å². The number of aryl methyl sites for hydroxylation is 1. The fourth-order valence-corrected chi connectivity index (χ4v) is 3.69. The highest BCUT2D eigenvalue weighted by molar-refractivity contribution is 7.92. The number of nitrogens with one attached hydrogen (secondary N) is 2. The molecule has 2 aromatic heterocycles. The first-order chi connectivity index (χ1) is 13.5. The SMILES string of the molecule is Cn1cc(S(=O)(=O)Nc2nc3ccccc3nc2NCc2ccccc2)cn1. The summed E-state index contributed by atoms with van der Waals surface area (Å²) >= 11 is 0. The van der Waals surface area contributed by atoms with E-state index in [4.69, 9.17) is 0 Å². The largest absolute Gasteiger partial charge is 0.363 e. The van der Waals surface area contributed by atoms with E-state index in [1.165, 1.54) is 17.1 Å². The van der Waals surface area contributed by atoms with Crippen molar-refractivity contribution >= 4 is 32.7 Å². The molecule has 0 aliphatic carbocycles. The summed E-state index contributed by atoms with van der Waals surface area (Å²) in [5.41, 5.74) is 2.30. The summed E-state index contributed by atoms with van der Waals surface area (Å²) < 4.78 is 29.4. The number of nitrogens with zero attached hydrogens (tertiary/aromatic N) is 4. The molecule has 9 heteroatoms. The highest BCUT2D eigenvalue weighted by Gasteiger charge is 2.20. The molecule has 0 radical (unpaired) electrons. The summed E-state index contributed by atoms with van der Waals surface area (Å²) in [5.74, 6) is 0.494. The van der Waals surface area contributed by atoms with Crippen LogP contribution in [0.1, 0.15) is 5.56 Å². The van der Waals surface area contributed by atoms with Crippen LogP contribution in [-0.2, 0) is 23.6 Å². The van der Waals surface area contributed by atoms with Crippen LogP contribution in [0.15, 0.2) is 71.9 Å². The first-order valence-corrected chi connectivity index (χ1v) is 10.1. The molecule has 0 bridgehead atoms. The number of benzene rings is 2. The fourth-order valence-electron chi connectivity index (χ4n) is 2.70. The Morgan fingerprint density at radius 2 is 1.57 bits per heavy atom. The lowest BCUT2D eigenvalue weighted by atomic mass is 10.2. The molecule has 4 rings (SSSR count). The lowest BCUT2D eigenvalue weighted by Crippen LogP contribution is -2.16. The van der Waals surface area contributed by atoms with Crippen LogP contribution in [-0.4, -0.2) is 28.2 Å². The standard InChI is InChI=1S/C19H18N6O2S/c1-25-13-15(12-21-25)28(26,27)24-19-18(20-11-14-7-3-2-4-8-14)22-16-9-5-6-10-17(16)23-19/h2-10,12-13H,11H2,1H3,(H,20,22)(H,23,24). The van der Waals surface area contributed by atoms with Gasteiger partial charge in [-0.15, -0.1) is 0 Å². The minimum absolute atomic E-state index is 0.0546. The second-order valence-electron chi connectivity index (χ2n) is 6.20. The molecule has 0 unspecified atom stereocenters. The summed E-state index contributed by atoms with van der Waals surface area (Å²) in [6.45, 7) is 0.482. The molecule has 2 aromatic carbocycles. The van der Waals surface area contributed by atoms with Gasteiger partial charge in [-0.05, 0) is 17.7 Å². The van der Waals surface area contributed by atoms with Crippen molar-refractivity contribution in [1.29, 1.82) is 0 Å². The number of hydrogen-bond donors (Lipinski definition) is 2. The minimum atomic E-state index is -3.84.